The minimum Gasteiger partial charge on any atom is -0.508 e. The number of hydrogen-bond acceptors (Lipinski definition) is 14. The molecule has 0 spiro atoms. The van der Waals surface area contributed by atoms with Gasteiger partial charge in [0.15, 0.2) is 11.6 Å². The molecular formula is C62H78N8O11S2. The molecule has 7 N–H and O–H groups in total. The second-order valence-corrected chi connectivity index (χ2v) is 25.1. The Labute approximate surface area is 493 Å². The molecule has 5 aromatic rings. The third-order valence-corrected chi connectivity index (χ3v) is 17.9. The molecule has 0 unspecified atom stereocenters. The third-order valence-electron chi connectivity index (χ3n) is 15.0. The van der Waals surface area contributed by atoms with Crippen LogP contribution in [0.3, 0.4) is 0 Å². The number of pyridine rings is 1. The molecule has 19 nitrogen and oxygen atoms in total. The smallest absolute Gasteiger partial charge is 0.407 e. The Balaban J connectivity index is 1.23. The van der Waals surface area contributed by atoms with Crippen LogP contribution in [0, 0.1) is 11.8 Å². The van der Waals surface area contributed by atoms with Crippen molar-refractivity contribution in [1.82, 2.24) is 41.0 Å². The molecule has 3 aromatic carbocycles. The number of carbonyl (C=O) groups excluding carboxylic acids is 8. The van der Waals surface area contributed by atoms with Crippen molar-refractivity contribution < 1.29 is 53.3 Å². The lowest BCUT2D eigenvalue weighted by atomic mass is 9.87. The number of nitrogens with one attached hydrogen (secondary N) is 5. The average Bonchev–Trinajstić information content (AvgIpc) is 4.10. The Bertz CT molecular complexity index is 3000. The van der Waals surface area contributed by atoms with Gasteiger partial charge in [-0.25, -0.2) is 9.78 Å². The molecule has 0 saturated carbocycles. The number of para-hydroxylation sites is 1. The number of phenols is 1. The van der Waals surface area contributed by atoms with Crippen LogP contribution in [0.5, 0.6) is 5.75 Å². The number of aromatic amines is 1. The number of alkyl carbamates (subject to hydrolysis) is 1. The number of piperidine rings is 1. The van der Waals surface area contributed by atoms with E-state index in [4.69, 9.17) is 4.74 Å². The van der Waals surface area contributed by atoms with E-state index in [9.17, 15) is 29.4 Å². The summed E-state index contributed by atoms with van der Waals surface area (Å²) < 4.78 is 5.37. The van der Waals surface area contributed by atoms with Crippen LogP contribution in [0.1, 0.15) is 102 Å². The summed E-state index contributed by atoms with van der Waals surface area (Å²) >= 11 is 0. The summed E-state index contributed by atoms with van der Waals surface area (Å²) in [5.41, 5.74) is 1.97. The molecule has 7 atom stereocenters. The van der Waals surface area contributed by atoms with Gasteiger partial charge in [0, 0.05) is 99.2 Å². The molecule has 444 valence electrons. The minimum atomic E-state index is -1.63. The lowest BCUT2D eigenvalue weighted by molar-refractivity contribution is -0.144. The number of likely N-dealkylation sites (tertiary alicyclic amines) is 1. The van der Waals surface area contributed by atoms with E-state index in [1.165, 1.54) is 31.0 Å². The fourth-order valence-corrected chi connectivity index (χ4v) is 12.9. The molecule has 83 heavy (non-hydrogen) atoms. The van der Waals surface area contributed by atoms with Crippen LogP contribution in [0.4, 0.5) is 4.79 Å². The van der Waals surface area contributed by atoms with E-state index in [1.807, 2.05) is 42.5 Å². The normalized spacial score (nSPS) is 21.6. The number of Topliss-reactive ketones (excluding diaryl/α,β-unsaturated/α-hetero) is 2. The highest BCUT2D eigenvalue weighted by Crippen LogP contribution is 2.37. The van der Waals surface area contributed by atoms with Gasteiger partial charge in [-0.05, 0) is 124 Å². The Morgan fingerprint density at radius 2 is 1.42 bits per heavy atom. The Morgan fingerprint density at radius 3 is 2.12 bits per heavy atom. The predicted octanol–water partition coefficient (Wildman–Crippen LogP) is 7.03. The zero-order valence-corrected chi connectivity index (χ0v) is 49.5. The van der Waals surface area contributed by atoms with Gasteiger partial charge in [-0.2, -0.15) is 0 Å². The number of fused-ring (bicyclic) bond motifs is 1. The summed E-state index contributed by atoms with van der Waals surface area (Å²) in [5, 5.41) is 34.6. The van der Waals surface area contributed by atoms with Gasteiger partial charge in [0.25, 0.3) is 0 Å². The number of hydrogen-bond donors (Lipinski definition) is 7. The number of ketones is 2. The van der Waals surface area contributed by atoms with Crippen molar-refractivity contribution >= 4 is 79.7 Å². The molecule has 2 aromatic heterocycles. The monoisotopic (exact) mass is 1170 g/mol. The summed E-state index contributed by atoms with van der Waals surface area (Å²) in [6, 6.07) is 22.7. The van der Waals surface area contributed by atoms with Gasteiger partial charge in [-0.3, -0.25) is 33.6 Å². The second kappa shape index (κ2) is 30.4. The summed E-state index contributed by atoms with van der Waals surface area (Å²) in [5.74, 6) is -6.58. The maximum absolute atomic E-state index is 15.3. The average molecular weight is 1180 g/mol. The van der Waals surface area contributed by atoms with E-state index in [-0.39, 0.29) is 62.0 Å². The zero-order valence-electron chi connectivity index (χ0n) is 47.8. The largest absolute Gasteiger partial charge is 0.508 e. The number of amides is 6. The Morgan fingerprint density at radius 1 is 0.759 bits per heavy atom. The molecule has 4 heterocycles. The number of nitrogens with zero attached hydrogens (tertiary/aromatic N) is 3. The summed E-state index contributed by atoms with van der Waals surface area (Å²) in [4.78, 5) is 127. The van der Waals surface area contributed by atoms with Gasteiger partial charge < -0.3 is 51.0 Å². The van der Waals surface area contributed by atoms with E-state index in [0.29, 0.717) is 42.6 Å². The first kappa shape index (κ1) is 63.4. The second-order valence-electron chi connectivity index (χ2n) is 22.6. The van der Waals surface area contributed by atoms with Crippen LogP contribution in [-0.4, -0.2) is 145 Å². The number of aromatic nitrogens is 2. The molecule has 0 radical (unpaired) electrons. The van der Waals surface area contributed by atoms with Crippen molar-refractivity contribution in [3.63, 3.8) is 0 Å². The van der Waals surface area contributed by atoms with E-state index < -0.39 is 102 Å². The van der Waals surface area contributed by atoms with E-state index >= 15 is 19.2 Å². The van der Waals surface area contributed by atoms with Crippen molar-refractivity contribution in [3.8, 4) is 5.75 Å². The van der Waals surface area contributed by atoms with Gasteiger partial charge in [-0.15, -0.1) is 0 Å². The molecule has 0 bridgehead atoms. The minimum absolute atomic E-state index is 0.0191. The van der Waals surface area contributed by atoms with Gasteiger partial charge >= 0.3 is 6.09 Å². The number of aliphatic hydroxyl groups excluding tert-OH is 1. The summed E-state index contributed by atoms with van der Waals surface area (Å²) in [6.45, 7) is 7.69. The van der Waals surface area contributed by atoms with Crippen LogP contribution >= 0.6 is 21.6 Å². The fraction of sp³-hybridized carbons (Fsp3) is 0.468. The van der Waals surface area contributed by atoms with Crippen LogP contribution in [0.2, 0.25) is 0 Å². The maximum Gasteiger partial charge on any atom is 0.407 e. The lowest BCUT2D eigenvalue weighted by Crippen LogP contribution is -2.59. The van der Waals surface area contributed by atoms with Crippen molar-refractivity contribution in [2.45, 2.75) is 151 Å². The highest BCUT2D eigenvalue weighted by atomic mass is 33.1. The number of H-pyrrole nitrogens is 1. The molecule has 2 saturated heterocycles. The predicted molar refractivity (Wildman–Crippen MR) is 319 cm³/mol. The highest BCUT2D eigenvalue weighted by molar-refractivity contribution is 8.76. The number of benzene rings is 3. The Hall–Kier alpha value is -7.23. The summed E-state index contributed by atoms with van der Waals surface area (Å²) in [7, 11) is 4.73. The van der Waals surface area contributed by atoms with Crippen LogP contribution < -0.4 is 21.3 Å². The van der Waals surface area contributed by atoms with Crippen LogP contribution in [-0.2, 0) is 57.6 Å². The van der Waals surface area contributed by atoms with E-state index in [2.05, 4.69) is 31.2 Å². The first-order valence-corrected chi connectivity index (χ1v) is 30.7. The third kappa shape index (κ3) is 19.2. The standard InChI is InChI=1S/C62H78N8O11S2/c1-39(71)56-59(78)67-50(34-40-15-7-6-8-16-40)60(79)69(5)51(25-26-55(75)70-31-27-46(28-32-70)82-83-54-20-12-14-29-63-54)53(74)37-43(33-41-21-23-45(72)24-22-41)58(77)66-49(35-44-38-65-48-19-10-9-18-47(44)48)52(73)36-42(57(76)68-56)17-11-13-30-64-61(80)81-62(2,3)4/h6-10,12,14-16,18-24,29,38-39,42-43,46,49-51,56,65,71-72H,11,13,17,25-28,30-37H2,1-5H3,(H,64,80)(H,66,77)(H,67,78)(H,68,76)/t39-,42-,43-,49-,50+,51+,56+/m1/s1. The number of ether oxygens (including phenoxy) is 1. The molecule has 7 rings (SSSR count). The SMILES string of the molecule is C[C@@H](O)[C@@H]1NC(=O)[C@H](CCCCNC(=O)OC(C)(C)C)CC(=O)[C@@H](Cc2c[nH]c3ccccc23)NC(=O)[C@H](Cc2ccc(O)cc2)CC(=O)[C@H](CCC(=O)N2CCC(SSc3ccccn3)CC2)N(C)C(=O)[C@H](Cc2ccccc2)NC1=O. The zero-order chi connectivity index (χ0) is 59.6. The molecule has 21 heteroatoms. The topological polar surface area (TPSA) is 270 Å². The number of phenolic OH excluding ortho intramolecular Hbond substituents is 1. The van der Waals surface area contributed by atoms with Gasteiger partial charge in [0.2, 0.25) is 29.5 Å². The first-order valence-electron chi connectivity index (χ1n) is 28.5. The number of aromatic hydroxyl groups is 1. The molecule has 6 amide bonds. The first-order chi connectivity index (χ1) is 39.7. The quantitative estimate of drug-likeness (QED) is 0.0343. The van der Waals surface area contributed by atoms with Crippen molar-refractivity contribution in [2.75, 3.05) is 26.7 Å². The molecule has 2 aliphatic heterocycles. The molecule has 0 aliphatic carbocycles. The molecular weight excluding hydrogens is 1100 g/mol. The lowest BCUT2D eigenvalue weighted by Gasteiger charge is -2.34. The number of likely N-dealkylation sites (N-methyl/N-ethyl adjacent to an activating group) is 1. The maximum atomic E-state index is 15.3. The van der Waals surface area contributed by atoms with E-state index in [0.717, 1.165) is 28.8 Å². The van der Waals surface area contributed by atoms with E-state index in [1.54, 1.807) is 102 Å². The molecule has 2 fully saturated rings. The van der Waals surface area contributed by atoms with Crippen LogP contribution in [0.25, 0.3) is 10.9 Å². The number of carbonyl (C=O) groups is 8. The van der Waals surface area contributed by atoms with Crippen molar-refractivity contribution in [1.29, 1.82) is 0 Å². The highest BCUT2D eigenvalue weighted by Gasteiger charge is 2.39. The van der Waals surface area contributed by atoms with Gasteiger partial charge in [0.05, 0.1) is 18.2 Å². The number of rotatable bonds is 18. The Kier molecular flexibility index (Phi) is 23.2. The fourth-order valence-electron chi connectivity index (χ4n) is 10.4. The van der Waals surface area contributed by atoms with Crippen molar-refractivity contribution in [2.24, 2.45) is 11.8 Å². The summed E-state index contributed by atoms with van der Waals surface area (Å²) in [6.07, 6.45) is 2.35. The van der Waals surface area contributed by atoms with Crippen molar-refractivity contribution in [3.05, 3.63) is 126 Å². The van der Waals surface area contributed by atoms with Crippen LogP contribution in [0.15, 0.2) is 114 Å². The van der Waals surface area contributed by atoms with Gasteiger partial charge in [0.1, 0.15) is 28.5 Å². The van der Waals surface area contributed by atoms with Gasteiger partial charge in [-0.1, -0.05) is 83.9 Å². The number of unbranched alkanes of at least 4 members (excludes halogenated alkanes) is 1. The molecule has 2 aliphatic rings. The number of aliphatic hydroxyl groups is 1.